The van der Waals surface area contributed by atoms with Crippen molar-refractivity contribution in [2.75, 3.05) is 6.61 Å². The molecule has 1 fully saturated rings. The molecule has 1 atom stereocenters. The number of rotatable bonds is 6. The Labute approximate surface area is 107 Å². The summed E-state index contributed by atoms with van der Waals surface area (Å²) in [5.41, 5.74) is 6.53. The second kappa shape index (κ2) is 6.75. The van der Waals surface area contributed by atoms with Crippen LogP contribution < -0.4 is 5.73 Å². The molecule has 2 nitrogen and oxygen atoms in total. The Balaban J connectivity index is 2.76. The number of hydrogen-bond acceptors (Lipinski definition) is 2. The van der Waals surface area contributed by atoms with Gasteiger partial charge in [0.15, 0.2) is 0 Å². The van der Waals surface area contributed by atoms with E-state index in [-0.39, 0.29) is 11.6 Å². The molecule has 2 heteroatoms. The topological polar surface area (TPSA) is 35.2 Å². The molecule has 0 bridgehead atoms. The van der Waals surface area contributed by atoms with Gasteiger partial charge in [-0.3, -0.25) is 0 Å². The minimum absolute atomic E-state index is 0.0298. The molecule has 1 aliphatic rings. The van der Waals surface area contributed by atoms with Crippen molar-refractivity contribution in [2.45, 2.75) is 77.9 Å². The van der Waals surface area contributed by atoms with Crippen LogP contribution in [0.4, 0.5) is 0 Å². The summed E-state index contributed by atoms with van der Waals surface area (Å²) in [5.74, 6) is 1.45. The molecule has 0 spiro atoms. The first-order valence-electron chi connectivity index (χ1n) is 7.49. The predicted octanol–water partition coefficient (Wildman–Crippen LogP) is 3.74. The first-order valence-corrected chi connectivity index (χ1v) is 7.49. The van der Waals surface area contributed by atoms with E-state index in [0.29, 0.717) is 5.92 Å². The highest BCUT2D eigenvalue weighted by atomic mass is 16.5. The quantitative estimate of drug-likeness (QED) is 0.769. The average Bonchev–Trinajstić information content (AvgIpc) is 2.34. The molecule has 0 aromatic heterocycles. The van der Waals surface area contributed by atoms with Crippen LogP contribution in [0.5, 0.6) is 0 Å². The van der Waals surface area contributed by atoms with Crippen molar-refractivity contribution >= 4 is 0 Å². The van der Waals surface area contributed by atoms with Crippen LogP contribution in [-0.4, -0.2) is 18.2 Å². The Morgan fingerprint density at radius 3 is 2.12 bits per heavy atom. The van der Waals surface area contributed by atoms with Crippen LogP contribution in [0.15, 0.2) is 0 Å². The fourth-order valence-corrected chi connectivity index (χ4v) is 3.34. The highest BCUT2D eigenvalue weighted by Crippen LogP contribution is 2.39. The van der Waals surface area contributed by atoms with Crippen molar-refractivity contribution in [3.05, 3.63) is 0 Å². The van der Waals surface area contributed by atoms with Crippen molar-refractivity contribution in [1.29, 1.82) is 0 Å². The van der Waals surface area contributed by atoms with E-state index in [1.54, 1.807) is 0 Å². The first kappa shape index (κ1) is 15.0. The Kier molecular flexibility index (Phi) is 5.94. The van der Waals surface area contributed by atoms with E-state index in [0.717, 1.165) is 25.4 Å². The van der Waals surface area contributed by atoms with Crippen molar-refractivity contribution < 1.29 is 4.74 Å². The molecule has 17 heavy (non-hydrogen) atoms. The van der Waals surface area contributed by atoms with Gasteiger partial charge in [-0.2, -0.15) is 0 Å². The minimum atomic E-state index is -0.0298. The Bertz CT molecular complexity index is 205. The molecule has 0 amide bonds. The lowest BCUT2D eigenvalue weighted by Gasteiger charge is -2.46. The smallest absolute Gasteiger partial charge is 0.0835 e. The highest BCUT2D eigenvalue weighted by molar-refractivity contribution is 4.97. The molecule has 1 saturated carbocycles. The van der Waals surface area contributed by atoms with E-state index >= 15 is 0 Å². The Hall–Kier alpha value is -0.0800. The second-order valence-electron chi connectivity index (χ2n) is 5.78. The zero-order valence-electron chi connectivity index (χ0n) is 12.2. The molecule has 1 rings (SSSR count). The number of nitrogens with two attached hydrogens (primary N) is 1. The second-order valence-corrected chi connectivity index (χ2v) is 5.78. The van der Waals surface area contributed by atoms with Crippen LogP contribution in [0.1, 0.15) is 66.2 Å². The third-order valence-corrected chi connectivity index (χ3v) is 4.72. The Morgan fingerprint density at radius 2 is 1.71 bits per heavy atom. The molecular formula is C15H31NO. The largest absolute Gasteiger partial charge is 0.374 e. The van der Waals surface area contributed by atoms with Gasteiger partial charge < -0.3 is 10.5 Å². The van der Waals surface area contributed by atoms with Crippen molar-refractivity contribution in [1.82, 2.24) is 0 Å². The van der Waals surface area contributed by atoms with Gasteiger partial charge in [-0.25, -0.2) is 0 Å². The van der Waals surface area contributed by atoms with Gasteiger partial charge in [-0.05, 0) is 44.4 Å². The molecule has 1 unspecified atom stereocenters. The molecule has 0 aliphatic heterocycles. The molecule has 0 aromatic rings. The molecule has 1 aliphatic carbocycles. The van der Waals surface area contributed by atoms with Gasteiger partial charge in [0.2, 0.25) is 0 Å². The van der Waals surface area contributed by atoms with Gasteiger partial charge in [0.1, 0.15) is 0 Å². The van der Waals surface area contributed by atoms with Gasteiger partial charge in [-0.15, -0.1) is 0 Å². The van der Waals surface area contributed by atoms with E-state index in [9.17, 15) is 0 Å². The zero-order valence-corrected chi connectivity index (χ0v) is 12.2. The number of hydrogen-bond donors (Lipinski definition) is 1. The van der Waals surface area contributed by atoms with Crippen LogP contribution >= 0.6 is 0 Å². The van der Waals surface area contributed by atoms with E-state index < -0.39 is 0 Å². The standard InChI is InChI=1S/C15H31NO/c1-5-13(6-2)14(16)15(17-7-3)10-8-12(4)9-11-15/h12-14H,5-11,16H2,1-4H3. The van der Waals surface area contributed by atoms with Crippen LogP contribution in [0.25, 0.3) is 0 Å². The summed E-state index contributed by atoms with van der Waals surface area (Å²) in [6.07, 6.45) is 7.19. The molecule has 0 radical (unpaired) electrons. The molecule has 2 N–H and O–H groups in total. The normalized spacial score (nSPS) is 31.8. The summed E-state index contributed by atoms with van der Waals surface area (Å²) in [6.45, 7) is 9.73. The Morgan fingerprint density at radius 1 is 1.18 bits per heavy atom. The maximum absolute atomic E-state index is 6.56. The lowest BCUT2D eigenvalue weighted by Crippen LogP contribution is -2.55. The van der Waals surface area contributed by atoms with E-state index in [2.05, 4.69) is 27.7 Å². The van der Waals surface area contributed by atoms with Crippen LogP contribution in [0, 0.1) is 11.8 Å². The fourth-order valence-electron chi connectivity index (χ4n) is 3.34. The maximum Gasteiger partial charge on any atom is 0.0835 e. The lowest BCUT2D eigenvalue weighted by atomic mass is 9.71. The summed E-state index contributed by atoms with van der Waals surface area (Å²) in [7, 11) is 0. The molecule has 0 aromatic carbocycles. The molecule has 102 valence electrons. The monoisotopic (exact) mass is 241 g/mol. The summed E-state index contributed by atoms with van der Waals surface area (Å²) < 4.78 is 6.14. The van der Waals surface area contributed by atoms with Crippen LogP contribution in [0.3, 0.4) is 0 Å². The fraction of sp³-hybridized carbons (Fsp3) is 1.00. The summed E-state index contributed by atoms with van der Waals surface area (Å²) >= 11 is 0. The third-order valence-electron chi connectivity index (χ3n) is 4.72. The molecular weight excluding hydrogens is 210 g/mol. The van der Waals surface area contributed by atoms with Gasteiger partial charge in [-0.1, -0.05) is 33.6 Å². The summed E-state index contributed by atoms with van der Waals surface area (Å²) in [4.78, 5) is 0. The molecule has 0 saturated heterocycles. The summed E-state index contributed by atoms with van der Waals surface area (Å²) in [5, 5.41) is 0. The number of ether oxygens (including phenoxy) is 1. The van der Waals surface area contributed by atoms with Gasteiger partial charge >= 0.3 is 0 Å². The van der Waals surface area contributed by atoms with Crippen molar-refractivity contribution in [2.24, 2.45) is 17.6 Å². The van der Waals surface area contributed by atoms with Gasteiger partial charge in [0, 0.05) is 12.6 Å². The molecule has 0 heterocycles. The van der Waals surface area contributed by atoms with Gasteiger partial charge in [0.25, 0.3) is 0 Å². The predicted molar refractivity (Wildman–Crippen MR) is 74.0 cm³/mol. The SMILES string of the molecule is CCOC1(C(N)C(CC)CC)CCC(C)CC1. The first-order chi connectivity index (χ1) is 8.09. The third kappa shape index (κ3) is 3.45. The lowest BCUT2D eigenvalue weighted by molar-refractivity contribution is -0.100. The van der Waals surface area contributed by atoms with Crippen molar-refractivity contribution in [3.63, 3.8) is 0 Å². The highest BCUT2D eigenvalue weighted by Gasteiger charge is 2.42. The zero-order chi connectivity index (χ0) is 12.9. The van der Waals surface area contributed by atoms with E-state index in [1.165, 1.54) is 25.7 Å². The maximum atomic E-state index is 6.56. The van der Waals surface area contributed by atoms with Gasteiger partial charge in [0.05, 0.1) is 5.60 Å². The van der Waals surface area contributed by atoms with Crippen LogP contribution in [-0.2, 0) is 4.74 Å². The van der Waals surface area contributed by atoms with Crippen molar-refractivity contribution in [3.8, 4) is 0 Å². The van der Waals surface area contributed by atoms with E-state index in [4.69, 9.17) is 10.5 Å². The van der Waals surface area contributed by atoms with Crippen LogP contribution in [0.2, 0.25) is 0 Å². The summed E-state index contributed by atoms with van der Waals surface area (Å²) in [6, 6.07) is 0.213. The van der Waals surface area contributed by atoms with E-state index in [1.807, 2.05) is 0 Å². The minimum Gasteiger partial charge on any atom is -0.374 e. The average molecular weight is 241 g/mol.